The van der Waals surface area contributed by atoms with Crippen molar-refractivity contribution >= 4 is 60.6 Å². The lowest BCUT2D eigenvalue weighted by Gasteiger charge is -2.38. The molecule has 4 aromatic heterocycles. The van der Waals surface area contributed by atoms with Gasteiger partial charge in [-0.3, -0.25) is 9.69 Å². The molecule has 0 radical (unpaired) electrons. The normalized spacial score (nSPS) is 24.4. The predicted molar refractivity (Wildman–Crippen MR) is 212 cm³/mol. The van der Waals surface area contributed by atoms with Gasteiger partial charge in [0.05, 0.1) is 10.8 Å². The van der Waals surface area contributed by atoms with Gasteiger partial charge in [-0.15, -0.1) is 22.7 Å². The minimum atomic E-state index is -0.572. The Balaban J connectivity index is 0.912. The molecule has 1 atom stereocenters. The van der Waals surface area contributed by atoms with E-state index in [9.17, 15) is 4.79 Å². The van der Waals surface area contributed by atoms with E-state index in [4.69, 9.17) is 15.7 Å². The van der Waals surface area contributed by atoms with Crippen LogP contribution in [-0.2, 0) is 32.2 Å². The van der Waals surface area contributed by atoms with Gasteiger partial charge in [-0.2, -0.15) is 0 Å². The Morgan fingerprint density at radius 1 is 0.808 bits per heavy atom. The smallest absolute Gasteiger partial charge is 0.286 e. The van der Waals surface area contributed by atoms with Crippen LogP contribution in [0.15, 0.2) is 36.7 Å². The molecule has 5 N–H and O–H groups in total. The number of aromatic nitrogens is 4. The molecule has 1 amide bonds. The Bertz CT molecular complexity index is 2060. The van der Waals surface area contributed by atoms with E-state index in [2.05, 4.69) is 61.2 Å². The first-order valence-electron chi connectivity index (χ1n) is 19.3. The third kappa shape index (κ3) is 6.79. The Morgan fingerprint density at radius 3 is 2.29 bits per heavy atom. The molecule has 4 aliphatic rings. The van der Waals surface area contributed by atoms with E-state index in [1.54, 1.807) is 17.7 Å². The zero-order valence-electron chi connectivity index (χ0n) is 30.0. The highest BCUT2D eigenvalue weighted by Gasteiger charge is 2.34. The summed E-state index contributed by atoms with van der Waals surface area (Å²) in [6, 6.07) is 12.8. The second kappa shape index (κ2) is 14.6. The number of benzene rings is 1. The minimum Gasteiger partial charge on any atom is -0.367 e. The van der Waals surface area contributed by atoms with Crippen LogP contribution < -0.4 is 21.7 Å². The van der Waals surface area contributed by atoms with Gasteiger partial charge in [-0.1, -0.05) is 30.3 Å². The SMILES string of the molecule is CNC1CCC(Nc2nc(C(N)=O)nc3sc4c(c23)C[C@H](CN(Cc2ccccc2)C2CCC(Nc3ncnc5sc6c(c35)CCC6)CC2)C4)CC1. The van der Waals surface area contributed by atoms with Crippen molar-refractivity contribution in [3.8, 4) is 0 Å². The van der Waals surface area contributed by atoms with E-state index in [0.29, 0.717) is 30.1 Å². The Kier molecular flexibility index (Phi) is 9.57. The van der Waals surface area contributed by atoms with E-state index in [1.807, 2.05) is 18.4 Å². The molecule has 0 spiro atoms. The predicted octanol–water partition coefficient (Wildman–Crippen LogP) is 6.87. The number of nitrogens with one attached hydrogen (secondary N) is 3. The van der Waals surface area contributed by atoms with Gasteiger partial charge in [0, 0.05) is 47.0 Å². The number of hydrogen-bond acceptors (Lipinski definition) is 11. The number of carbonyl (C=O) groups excluding carboxylic acids is 1. The molecular weight excluding hydrogens is 687 g/mol. The van der Waals surface area contributed by atoms with Gasteiger partial charge in [0.2, 0.25) is 5.82 Å². The summed E-state index contributed by atoms with van der Waals surface area (Å²) >= 11 is 3.60. The zero-order valence-corrected chi connectivity index (χ0v) is 31.6. The van der Waals surface area contributed by atoms with Crippen LogP contribution in [0.4, 0.5) is 11.6 Å². The molecule has 0 aliphatic heterocycles. The van der Waals surface area contributed by atoms with Crippen molar-refractivity contribution in [3.05, 3.63) is 68.9 Å². The third-order valence-electron chi connectivity index (χ3n) is 12.2. The summed E-state index contributed by atoms with van der Waals surface area (Å²) in [4.78, 5) is 38.8. The summed E-state index contributed by atoms with van der Waals surface area (Å²) in [5.74, 6) is 1.90. The second-order valence-electron chi connectivity index (χ2n) is 15.5. The number of primary amides is 1. The van der Waals surface area contributed by atoms with Crippen molar-refractivity contribution in [2.24, 2.45) is 11.7 Å². The molecule has 2 saturated carbocycles. The van der Waals surface area contributed by atoms with Crippen LogP contribution in [0.3, 0.4) is 0 Å². The standard InChI is InChI=1S/C40H49N9OS2/c1-42-25-10-12-26(13-11-25)46-37-34-30-18-24(19-32(30)52-40(34)48-38(47-37)35(41)50)21-49(20-23-6-3-2-4-7-23)28-16-14-27(15-17-28)45-36-33-29-8-5-9-31(29)51-39(33)44-22-43-36/h2-4,6-7,22,24-28,42H,5,8-21H2,1H3,(H2,41,50)(H,43,44,45)(H,46,47,48)/t24-,25?,26?,27?,28?/m0/s1. The molecule has 2 fully saturated rings. The topological polar surface area (TPSA) is 134 Å². The highest BCUT2D eigenvalue weighted by Crippen LogP contribution is 2.43. The zero-order chi connectivity index (χ0) is 35.2. The number of hydrogen-bond donors (Lipinski definition) is 4. The minimum absolute atomic E-state index is 0.109. The molecule has 10 nitrogen and oxygen atoms in total. The molecule has 1 aromatic carbocycles. The molecule has 0 unspecified atom stereocenters. The van der Waals surface area contributed by atoms with E-state index in [0.717, 1.165) is 97.6 Å². The summed E-state index contributed by atoms with van der Waals surface area (Å²) < 4.78 is 0. The first-order chi connectivity index (χ1) is 25.5. The number of nitrogens with zero attached hydrogens (tertiary/aromatic N) is 5. The van der Waals surface area contributed by atoms with Crippen LogP contribution in [0.5, 0.6) is 0 Å². The number of aryl methyl sites for hydroxylation is 2. The quantitative estimate of drug-likeness (QED) is 0.115. The number of anilines is 2. The number of amides is 1. The number of thiophene rings is 2. The number of nitrogens with two attached hydrogens (primary N) is 1. The lowest BCUT2D eigenvalue weighted by atomic mass is 9.89. The molecule has 5 aromatic rings. The van der Waals surface area contributed by atoms with Crippen molar-refractivity contribution in [3.63, 3.8) is 0 Å². The largest absolute Gasteiger partial charge is 0.367 e. The van der Waals surface area contributed by atoms with Gasteiger partial charge in [-0.05, 0) is 113 Å². The van der Waals surface area contributed by atoms with E-state index in [-0.39, 0.29) is 5.82 Å². The van der Waals surface area contributed by atoms with Crippen LogP contribution in [0.2, 0.25) is 0 Å². The summed E-state index contributed by atoms with van der Waals surface area (Å²) in [7, 11) is 2.05. The fraction of sp³-hybridized carbons (Fsp3) is 0.525. The van der Waals surface area contributed by atoms with Gasteiger partial charge < -0.3 is 21.7 Å². The maximum Gasteiger partial charge on any atom is 0.286 e. The maximum absolute atomic E-state index is 12.3. The molecule has 0 bridgehead atoms. The lowest BCUT2D eigenvalue weighted by Crippen LogP contribution is -2.42. The molecule has 52 heavy (non-hydrogen) atoms. The molecular formula is C40H49N9OS2. The Morgan fingerprint density at radius 2 is 1.52 bits per heavy atom. The van der Waals surface area contributed by atoms with Gasteiger partial charge >= 0.3 is 0 Å². The van der Waals surface area contributed by atoms with Gasteiger partial charge in [0.25, 0.3) is 5.91 Å². The summed E-state index contributed by atoms with van der Waals surface area (Å²) in [5, 5.41) is 13.5. The van der Waals surface area contributed by atoms with Crippen molar-refractivity contribution in [1.82, 2.24) is 30.2 Å². The molecule has 4 aliphatic carbocycles. The number of fused-ring (bicyclic) bond motifs is 6. The van der Waals surface area contributed by atoms with Crippen molar-refractivity contribution in [2.75, 3.05) is 24.2 Å². The number of carbonyl (C=O) groups is 1. The summed E-state index contributed by atoms with van der Waals surface area (Å²) in [6.45, 7) is 2.03. The highest BCUT2D eigenvalue weighted by atomic mass is 32.1. The summed E-state index contributed by atoms with van der Waals surface area (Å²) in [5.41, 5.74) is 9.96. The number of rotatable bonds is 11. The first-order valence-corrected chi connectivity index (χ1v) is 21.0. The first kappa shape index (κ1) is 34.1. The van der Waals surface area contributed by atoms with E-state index < -0.39 is 5.91 Å². The van der Waals surface area contributed by atoms with Crippen LogP contribution in [0.1, 0.15) is 94.9 Å². The Hall–Kier alpha value is -3.71. The van der Waals surface area contributed by atoms with Crippen LogP contribution in [-0.4, -0.2) is 68.5 Å². The van der Waals surface area contributed by atoms with Gasteiger partial charge in [-0.25, -0.2) is 19.9 Å². The maximum atomic E-state index is 12.3. The van der Waals surface area contributed by atoms with E-state index in [1.165, 1.54) is 57.5 Å². The fourth-order valence-electron chi connectivity index (χ4n) is 9.48. The molecule has 272 valence electrons. The monoisotopic (exact) mass is 735 g/mol. The van der Waals surface area contributed by atoms with Crippen molar-refractivity contribution < 1.29 is 4.79 Å². The molecule has 9 rings (SSSR count). The molecule has 4 heterocycles. The lowest BCUT2D eigenvalue weighted by molar-refractivity contribution is 0.0991. The third-order valence-corrected chi connectivity index (χ3v) is 14.5. The van der Waals surface area contributed by atoms with Crippen LogP contribution in [0, 0.1) is 5.92 Å². The van der Waals surface area contributed by atoms with Gasteiger partial charge in [0.15, 0.2) is 0 Å². The average molecular weight is 736 g/mol. The molecule has 0 saturated heterocycles. The van der Waals surface area contributed by atoms with Crippen molar-refractivity contribution in [1.29, 1.82) is 0 Å². The Labute approximate surface area is 313 Å². The van der Waals surface area contributed by atoms with Crippen molar-refractivity contribution in [2.45, 2.75) is 114 Å². The average Bonchev–Trinajstić information content (AvgIpc) is 3.93. The summed E-state index contributed by atoms with van der Waals surface area (Å²) in [6.07, 6.45) is 16.4. The van der Waals surface area contributed by atoms with E-state index >= 15 is 0 Å². The fourth-order valence-corrected chi connectivity index (χ4v) is 12.0. The second-order valence-corrected chi connectivity index (χ2v) is 17.7. The molecule has 12 heteroatoms. The van der Waals surface area contributed by atoms with Gasteiger partial charge in [0.1, 0.15) is 27.6 Å². The van der Waals surface area contributed by atoms with Crippen LogP contribution >= 0.6 is 22.7 Å². The highest BCUT2D eigenvalue weighted by molar-refractivity contribution is 7.19. The van der Waals surface area contributed by atoms with Crippen LogP contribution in [0.25, 0.3) is 20.4 Å².